The number of carbonyl (C=O) groups excluding carboxylic acids is 1. The molecule has 0 saturated heterocycles. The second-order valence-corrected chi connectivity index (χ2v) is 6.92. The Hall–Kier alpha value is -1.56. The Morgan fingerprint density at radius 1 is 1.39 bits per heavy atom. The Morgan fingerprint density at radius 2 is 2.13 bits per heavy atom. The topological polar surface area (TPSA) is 73.1 Å². The van der Waals surface area contributed by atoms with Crippen molar-refractivity contribution in [2.75, 3.05) is 5.32 Å². The summed E-state index contributed by atoms with van der Waals surface area (Å²) in [6, 6.07) is 11.8. The largest absolute Gasteiger partial charge is 0.506 e. The number of amides is 1. The van der Waals surface area contributed by atoms with Crippen molar-refractivity contribution in [1.29, 1.82) is 5.26 Å². The van der Waals surface area contributed by atoms with Crippen LogP contribution in [0.4, 0.5) is 5.69 Å². The maximum Gasteiger partial charge on any atom is 0.266 e. The van der Waals surface area contributed by atoms with E-state index in [0.29, 0.717) is 24.3 Å². The predicted octanol–water partition coefficient (Wildman–Crippen LogP) is 4.96. The zero-order valence-electron chi connectivity index (χ0n) is 11.5. The van der Waals surface area contributed by atoms with Gasteiger partial charge in [-0.15, -0.1) is 0 Å². The maximum absolute atomic E-state index is 12.2. The molecule has 0 bridgehead atoms. The smallest absolute Gasteiger partial charge is 0.266 e. The van der Waals surface area contributed by atoms with E-state index in [0.717, 1.165) is 0 Å². The van der Waals surface area contributed by atoms with E-state index in [1.165, 1.54) is 6.08 Å². The number of nitriles is 1. The summed E-state index contributed by atoms with van der Waals surface area (Å²) in [4.78, 5) is 12.2. The lowest BCUT2D eigenvalue weighted by molar-refractivity contribution is -0.112. The molecule has 0 spiro atoms. The van der Waals surface area contributed by atoms with Crippen molar-refractivity contribution in [3.05, 3.63) is 60.6 Å². The van der Waals surface area contributed by atoms with E-state index in [9.17, 15) is 15.2 Å². The molecular weight excluding hydrogens is 494 g/mol. The Bertz CT molecular complexity index is 823. The standard InChI is InChI=1S/C16H9BrClIN2O2/c17-13-5-9(6-14(19)15(13)22)4-10(8-20)16(23)21-12-3-1-2-11(18)7-12/h1-7,22H,(H,21,23)/b10-4+. The van der Waals surface area contributed by atoms with E-state index < -0.39 is 5.91 Å². The van der Waals surface area contributed by atoms with Gasteiger partial charge in [-0.3, -0.25) is 4.79 Å². The number of aromatic hydroxyl groups is 1. The Balaban J connectivity index is 2.28. The van der Waals surface area contributed by atoms with Gasteiger partial charge in [0, 0.05) is 10.7 Å². The minimum absolute atomic E-state index is 0.0571. The molecule has 23 heavy (non-hydrogen) atoms. The number of halogens is 3. The van der Waals surface area contributed by atoms with Crippen LogP contribution in [0.1, 0.15) is 5.56 Å². The third-order valence-corrected chi connectivity index (χ3v) is 4.46. The van der Waals surface area contributed by atoms with E-state index in [-0.39, 0.29) is 11.3 Å². The van der Waals surface area contributed by atoms with Crippen molar-refractivity contribution >= 4 is 67.8 Å². The second kappa shape index (κ2) is 7.81. The quantitative estimate of drug-likeness (QED) is 0.353. The number of nitrogens with one attached hydrogen (secondary N) is 1. The van der Waals surface area contributed by atoms with Crippen molar-refractivity contribution in [3.63, 3.8) is 0 Å². The molecule has 2 rings (SSSR count). The number of phenols is 1. The summed E-state index contributed by atoms with van der Waals surface area (Å²) in [7, 11) is 0. The molecule has 0 aromatic heterocycles. The normalized spacial score (nSPS) is 11.0. The summed E-state index contributed by atoms with van der Waals surface area (Å²) in [5.41, 5.74) is 1.07. The summed E-state index contributed by atoms with van der Waals surface area (Å²) in [6.07, 6.45) is 1.45. The molecule has 0 fully saturated rings. The number of rotatable bonds is 3. The van der Waals surface area contributed by atoms with Crippen LogP contribution in [0.3, 0.4) is 0 Å². The molecular formula is C16H9BrClIN2O2. The van der Waals surface area contributed by atoms with Gasteiger partial charge < -0.3 is 10.4 Å². The molecule has 0 unspecified atom stereocenters. The summed E-state index contributed by atoms with van der Waals surface area (Å²) >= 11 is 11.1. The van der Waals surface area contributed by atoms with Gasteiger partial charge in [0.1, 0.15) is 17.4 Å². The number of carbonyl (C=O) groups is 1. The van der Waals surface area contributed by atoms with Crippen molar-refractivity contribution < 1.29 is 9.90 Å². The van der Waals surface area contributed by atoms with Gasteiger partial charge in [0.2, 0.25) is 0 Å². The van der Waals surface area contributed by atoms with Gasteiger partial charge in [-0.2, -0.15) is 5.26 Å². The first-order chi connectivity index (χ1) is 10.9. The van der Waals surface area contributed by atoms with E-state index in [2.05, 4.69) is 21.2 Å². The third-order valence-electron chi connectivity index (χ3n) is 2.80. The van der Waals surface area contributed by atoms with Gasteiger partial charge in [0.05, 0.1) is 8.04 Å². The van der Waals surface area contributed by atoms with Crippen LogP contribution in [0.15, 0.2) is 46.4 Å². The molecule has 0 heterocycles. The van der Waals surface area contributed by atoms with Crippen LogP contribution < -0.4 is 5.32 Å². The van der Waals surface area contributed by atoms with Gasteiger partial charge >= 0.3 is 0 Å². The summed E-state index contributed by atoms with van der Waals surface area (Å²) in [5, 5.41) is 22.0. The minimum Gasteiger partial charge on any atom is -0.506 e. The first-order valence-corrected chi connectivity index (χ1v) is 8.52. The van der Waals surface area contributed by atoms with Gasteiger partial charge in [0.25, 0.3) is 5.91 Å². The summed E-state index contributed by atoms with van der Waals surface area (Å²) in [6.45, 7) is 0. The zero-order chi connectivity index (χ0) is 17.0. The van der Waals surface area contributed by atoms with Crippen LogP contribution in [0.2, 0.25) is 5.02 Å². The van der Waals surface area contributed by atoms with Gasteiger partial charge in [-0.05, 0) is 80.5 Å². The fourth-order valence-electron chi connectivity index (χ4n) is 1.75. The van der Waals surface area contributed by atoms with Gasteiger partial charge in [-0.1, -0.05) is 17.7 Å². The van der Waals surface area contributed by atoms with E-state index >= 15 is 0 Å². The molecule has 0 aliphatic carbocycles. The highest BCUT2D eigenvalue weighted by Gasteiger charge is 2.11. The van der Waals surface area contributed by atoms with Crippen LogP contribution in [0.5, 0.6) is 5.75 Å². The van der Waals surface area contributed by atoms with Crippen molar-refractivity contribution in [3.8, 4) is 11.8 Å². The molecule has 0 aliphatic heterocycles. The molecule has 2 N–H and O–H groups in total. The average molecular weight is 504 g/mol. The predicted molar refractivity (Wildman–Crippen MR) is 102 cm³/mol. The molecule has 0 saturated carbocycles. The number of benzene rings is 2. The highest BCUT2D eigenvalue weighted by Crippen LogP contribution is 2.31. The zero-order valence-corrected chi connectivity index (χ0v) is 16.0. The number of phenolic OH excluding ortho intramolecular Hbond substituents is 1. The lowest BCUT2D eigenvalue weighted by atomic mass is 10.1. The van der Waals surface area contributed by atoms with E-state index in [4.69, 9.17) is 11.6 Å². The molecule has 116 valence electrons. The van der Waals surface area contributed by atoms with Crippen molar-refractivity contribution in [2.24, 2.45) is 0 Å². The molecule has 2 aromatic carbocycles. The fraction of sp³-hybridized carbons (Fsp3) is 0. The lowest BCUT2D eigenvalue weighted by Crippen LogP contribution is -2.13. The fourth-order valence-corrected chi connectivity index (χ4v) is 3.44. The first-order valence-electron chi connectivity index (χ1n) is 6.27. The Labute approximate surface area is 160 Å². The molecule has 0 atom stereocenters. The van der Waals surface area contributed by atoms with E-state index in [1.807, 2.05) is 28.7 Å². The molecule has 4 nitrogen and oxygen atoms in total. The minimum atomic E-state index is -0.533. The maximum atomic E-state index is 12.2. The average Bonchev–Trinajstić information content (AvgIpc) is 2.50. The van der Waals surface area contributed by atoms with Crippen molar-refractivity contribution in [1.82, 2.24) is 0 Å². The molecule has 7 heteroatoms. The highest BCUT2D eigenvalue weighted by molar-refractivity contribution is 14.1. The first kappa shape index (κ1) is 17.8. The van der Waals surface area contributed by atoms with Crippen LogP contribution >= 0.6 is 50.1 Å². The van der Waals surface area contributed by atoms with Crippen LogP contribution in [-0.4, -0.2) is 11.0 Å². The van der Waals surface area contributed by atoms with Crippen LogP contribution in [0.25, 0.3) is 6.08 Å². The van der Waals surface area contributed by atoms with Gasteiger partial charge in [0.15, 0.2) is 0 Å². The van der Waals surface area contributed by atoms with Crippen molar-refractivity contribution in [2.45, 2.75) is 0 Å². The Morgan fingerprint density at radius 3 is 2.74 bits per heavy atom. The summed E-state index contributed by atoms with van der Waals surface area (Å²) < 4.78 is 1.10. The molecule has 1 amide bonds. The molecule has 0 radical (unpaired) electrons. The number of hydrogen-bond donors (Lipinski definition) is 2. The lowest BCUT2D eigenvalue weighted by Gasteiger charge is -2.06. The van der Waals surface area contributed by atoms with Crippen LogP contribution in [-0.2, 0) is 4.79 Å². The second-order valence-electron chi connectivity index (χ2n) is 4.47. The molecule has 2 aromatic rings. The highest BCUT2D eigenvalue weighted by atomic mass is 127. The summed E-state index contributed by atoms with van der Waals surface area (Å²) in [5.74, 6) is -0.418. The Kier molecular flexibility index (Phi) is 6.04. The third kappa shape index (κ3) is 4.70. The number of nitrogens with zero attached hydrogens (tertiary/aromatic N) is 1. The number of anilines is 1. The van der Waals surface area contributed by atoms with Gasteiger partial charge in [-0.25, -0.2) is 0 Å². The molecule has 0 aliphatic rings. The monoisotopic (exact) mass is 502 g/mol. The SMILES string of the molecule is N#C/C(=C\c1cc(Br)c(O)c(I)c1)C(=O)Nc1cccc(Cl)c1. The van der Waals surface area contributed by atoms with Crippen LogP contribution in [0, 0.1) is 14.9 Å². The van der Waals surface area contributed by atoms with E-state index in [1.54, 1.807) is 36.4 Å². The number of hydrogen-bond acceptors (Lipinski definition) is 3.